The first kappa shape index (κ1) is 16.2. The predicted molar refractivity (Wildman–Crippen MR) is 73.1 cm³/mol. The van der Waals surface area contributed by atoms with Crippen molar-refractivity contribution in [3.63, 3.8) is 0 Å². The van der Waals surface area contributed by atoms with E-state index < -0.39 is 6.17 Å². The van der Waals surface area contributed by atoms with Gasteiger partial charge in [-0.05, 0) is 19.4 Å². The lowest BCUT2D eigenvalue weighted by Crippen LogP contribution is -2.09. The van der Waals surface area contributed by atoms with Crippen molar-refractivity contribution >= 4 is 5.78 Å². The van der Waals surface area contributed by atoms with Crippen molar-refractivity contribution in [1.82, 2.24) is 14.8 Å². The van der Waals surface area contributed by atoms with Crippen LogP contribution in [0, 0.1) is 0 Å². The molecule has 0 aromatic carbocycles. The van der Waals surface area contributed by atoms with Crippen molar-refractivity contribution in [3.8, 4) is 0 Å². The molecule has 0 saturated carbocycles. The highest BCUT2D eigenvalue weighted by Gasteiger charge is 2.36. The first-order valence-electron chi connectivity index (χ1n) is 6.36. The van der Waals surface area contributed by atoms with E-state index in [1.807, 2.05) is 32.1 Å². The van der Waals surface area contributed by atoms with Crippen LogP contribution < -0.4 is 0 Å². The van der Waals surface area contributed by atoms with Crippen LogP contribution in [-0.2, 0) is 0 Å². The van der Waals surface area contributed by atoms with Gasteiger partial charge in [-0.3, -0.25) is 9.18 Å². The zero-order valence-corrected chi connectivity index (χ0v) is 12.1. The number of allylic oxidation sites excluding steroid dienone is 4. The van der Waals surface area contributed by atoms with Gasteiger partial charge in [-0.15, -0.1) is 5.10 Å². The average Bonchev–Trinajstić information content (AvgIpc) is 3.00. The largest absolute Gasteiger partial charge is 0.291 e. The second kappa shape index (κ2) is 7.07. The lowest BCUT2D eigenvalue weighted by Gasteiger charge is -2.12. The van der Waals surface area contributed by atoms with E-state index in [1.54, 1.807) is 0 Å². The van der Waals surface area contributed by atoms with Crippen molar-refractivity contribution < 1.29 is 13.6 Å². The molecule has 110 valence electrons. The number of rotatable bonds is 3. The number of hydrogen-bond acceptors (Lipinski definition) is 3. The molecule has 0 saturated heterocycles. The summed E-state index contributed by atoms with van der Waals surface area (Å²) in [5, 5.41) is 4.11. The Bertz CT molecular complexity index is 535. The summed E-state index contributed by atoms with van der Waals surface area (Å²) in [7, 11) is 0.500. The second-order valence-corrected chi connectivity index (χ2v) is 4.30. The van der Waals surface area contributed by atoms with Gasteiger partial charge in [-0.25, -0.2) is 14.1 Å². The Morgan fingerprint density at radius 1 is 1.40 bits per heavy atom. The molecule has 6 heteroatoms. The Hall–Kier alpha value is -1.85. The Kier molecular flexibility index (Phi) is 5.73. The smallest absolute Gasteiger partial charge is 0.217 e. The number of halogens is 2. The van der Waals surface area contributed by atoms with Crippen LogP contribution in [-0.4, -0.2) is 27.7 Å². The minimum absolute atomic E-state index is 0.0910. The van der Waals surface area contributed by atoms with Crippen LogP contribution in [0.3, 0.4) is 0 Å². The fraction of sp³-hybridized carbons (Fsp3) is 0.500. The molecule has 0 amide bonds. The van der Waals surface area contributed by atoms with E-state index in [0.29, 0.717) is 13.6 Å². The Balaban J connectivity index is 0.000000956. The summed E-state index contributed by atoms with van der Waals surface area (Å²) >= 11 is 0. The molecular formula is C14H19F2N3O. The summed E-state index contributed by atoms with van der Waals surface area (Å²) in [6, 6.07) is -0.170. The number of Topliss-reactive ketones (excluding diaryl/α,β-unsaturated/α-hetero) is 1. The topological polar surface area (TPSA) is 47.8 Å². The molecule has 0 aliphatic carbocycles. The number of alkyl halides is 2. The standard InChI is InChI=1S/C13H16FN3O.CH3F/c1-4-6-9(5-2)11-7-10(14)13-15-12(8(3)18)16-17(11)13;1-2/h4-6,10-11H,7H2,1-3H3;1H3/b6-4-,9-5+;/t10-,11-;/m1./s1. The Morgan fingerprint density at radius 2 is 2.05 bits per heavy atom. The fourth-order valence-corrected chi connectivity index (χ4v) is 2.20. The Labute approximate surface area is 117 Å². The normalized spacial score (nSPS) is 21.6. The van der Waals surface area contributed by atoms with Crippen molar-refractivity contribution in [3.05, 3.63) is 35.4 Å². The van der Waals surface area contributed by atoms with E-state index in [0.717, 1.165) is 5.57 Å². The van der Waals surface area contributed by atoms with E-state index in [9.17, 15) is 13.6 Å². The molecule has 1 aromatic rings. The van der Waals surface area contributed by atoms with E-state index in [1.165, 1.54) is 11.6 Å². The van der Waals surface area contributed by atoms with Gasteiger partial charge in [0, 0.05) is 13.3 Å². The highest BCUT2D eigenvalue weighted by Crippen LogP contribution is 2.39. The van der Waals surface area contributed by atoms with E-state index in [4.69, 9.17) is 0 Å². The third-order valence-electron chi connectivity index (χ3n) is 3.06. The number of carbonyl (C=O) groups excluding carboxylic acids is 1. The highest BCUT2D eigenvalue weighted by molar-refractivity contribution is 5.90. The molecule has 0 N–H and O–H groups in total. The molecule has 2 atom stereocenters. The van der Waals surface area contributed by atoms with Gasteiger partial charge >= 0.3 is 0 Å². The number of aromatic nitrogens is 3. The maximum Gasteiger partial charge on any atom is 0.217 e. The SMILES string of the molecule is C/C=C\C(=C/C)[C@H]1C[C@@H](F)c2nc(C(C)=O)nn21.CF. The summed E-state index contributed by atoms with van der Waals surface area (Å²) in [6.45, 7) is 5.20. The molecule has 4 nitrogen and oxygen atoms in total. The van der Waals surface area contributed by atoms with Crippen molar-refractivity contribution in [2.45, 2.75) is 39.4 Å². The number of fused-ring (bicyclic) bond motifs is 1. The van der Waals surface area contributed by atoms with E-state index in [-0.39, 0.29) is 23.5 Å². The molecule has 0 unspecified atom stereocenters. The van der Waals surface area contributed by atoms with Crippen molar-refractivity contribution in [2.24, 2.45) is 0 Å². The van der Waals surface area contributed by atoms with Crippen molar-refractivity contribution in [1.29, 1.82) is 0 Å². The monoisotopic (exact) mass is 283 g/mol. The third kappa shape index (κ3) is 3.00. The van der Waals surface area contributed by atoms with E-state index >= 15 is 0 Å². The zero-order valence-electron chi connectivity index (χ0n) is 12.1. The van der Waals surface area contributed by atoms with Crippen LogP contribution in [0.4, 0.5) is 8.78 Å². The maximum atomic E-state index is 13.9. The van der Waals surface area contributed by atoms with Crippen LogP contribution in [0.2, 0.25) is 0 Å². The molecule has 0 radical (unpaired) electrons. The number of nitrogens with zero attached hydrogens (tertiary/aromatic N) is 3. The summed E-state index contributed by atoms with van der Waals surface area (Å²) in [5.74, 6) is 0.109. The number of hydrogen-bond donors (Lipinski definition) is 0. The quantitative estimate of drug-likeness (QED) is 0.629. The molecule has 1 aliphatic heterocycles. The van der Waals surface area contributed by atoms with Crippen LogP contribution in [0.5, 0.6) is 0 Å². The first-order chi connectivity index (χ1) is 9.58. The van der Waals surface area contributed by atoms with Gasteiger partial charge < -0.3 is 0 Å². The molecular weight excluding hydrogens is 264 g/mol. The second-order valence-electron chi connectivity index (χ2n) is 4.30. The fourth-order valence-electron chi connectivity index (χ4n) is 2.20. The molecule has 1 aliphatic rings. The maximum absolute atomic E-state index is 13.9. The Morgan fingerprint density at radius 3 is 2.55 bits per heavy atom. The van der Waals surface area contributed by atoms with Crippen LogP contribution in [0.1, 0.15) is 55.8 Å². The highest BCUT2D eigenvalue weighted by atomic mass is 19.1. The van der Waals surface area contributed by atoms with Crippen LogP contribution in [0.25, 0.3) is 0 Å². The van der Waals surface area contributed by atoms with Gasteiger partial charge in [0.2, 0.25) is 5.82 Å². The molecule has 1 aromatic heterocycles. The van der Waals surface area contributed by atoms with Gasteiger partial charge in [0.1, 0.15) is 0 Å². The lowest BCUT2D eigenvalue weighted by atomic mass is 10.0. The molecule has 2 heterocycles. The molecule has 20 heavy (non-hydrogen) atoms. The summed E-state index contributed by atoms with van der Waals surface area (Å²) < 4.78 is 24.9. The predicted octanol–water partition coefficient (Wildman–Crippen LogP) is 3.54. The summed E-state index contributed by atoms with van der Waals surface area (Å²) in [5.41, 5.74) is 0.985. The minimum atomic E-state index is -1.16. The number of ketones is 1. The third-order valence-corrected chi connectivity index (χ3v) is 3.06. The van der Waals surface area contributed by atoms with Gasteiger partial charge in [-0.2, -0.15) is 0 Å². The van der Waals surface area contributed by atoms with Crippen molar-refractivity contribution in [2.75, 3.05) is 7.18 Å². The van der Waals surface area contributed by atoms with Gasteiger partial charge in [0.25, 0.3) is 0 Å². The summed E-state index contributed by atoms with van der Waals surface area (Å²) in [4.78, 5) is 15.2. The molecule has 0 spiro atoms. The number of carbonyl (C=O) groups is 1. The molecule has 0 bridgehead atoms. The molecule has 0 fully saturated rings. The van der Waals surface area contributed by atoms with Crippen LogP contribution >= 0.6 is 0 Å². The van der Waals surface area contributed by atoms with E-state index in [2.05, 4.69) is 10.1 Å². The van der Waals surface area contributed by atoms with Crippen LogP contribution in [0.15, 0.2) is 23.8 Å². The zero-order chi connectivity index (χ0) is 15.3. The lowest BCUT2D eigenvalue weighted by molar-refractivity contribution is 0.100. The minimum Gasteiger partial charge on any atom is -0.291 e. The average molecular weight is 283 g/mol. The van der Waals surface area contributed by atoms with Gasteiger partial charge in [0.05, 0.1) is 13.2 Å². The van der Waals surface area contributed by atoms with Gasteiger partial charge in [0.15, 0.2) is 17.8 Å². The first-order valence-corrected chi connectivity index (χ1v) is 6.36. The van der Waals surface area contributed by atoms with Gasteiger partial charge in [-0.1, -0.05) is 18.2 Å². The summed E-state index contributed by atoms with van der Waals surface area (Å²) in [6.07, 6.45) is 4.94. The molecule has 2 rings (SSSR count).